The Bertz CT molecular complexity index is 572. The van der Waals surface area contributed by atoms with Crippen LogP contribution in [0.3, 0.4) is 0 Å². The fourth-order valence-electron chi connectivity index (χ4n) is 1.89. The molecule has 29 heavy (non-hydrogen) atoms. The van der Waals surface area contributed by atoms with Crippen molar-refractivity contribution in [2.24, 2.45) is 5.92 Å². The van der Waals surface area contributed by atoms with Crippen molar-refractivity contribution in [1.29, 1.82) is 0 Å². The monoisotopic (exact) mass is 440 g/mol. The first-order valence-corrected chi connectivity index (χ1v) is 8.11. The van der Waals surface area contributed by atoms with Crippen LogP contribution in [-0.4, -0.2) is 54.7 Å². The van der Waals surface area contributed by atoms with E-state index in [1.165, 1.54) is 0 Å². The first kappa shape index (κ1) is 26.5. The van der Waals surface area contributed by atoms with Crippen LogP contribution in [0.4, 0.5) is 26.3 Å². The molecule has 8 nitrogen and oxygen atoms in total. The van der Waals surface area contributed by atoms with Gasteiger partial charge in [-0.2, -0.15) is 26.3 Å². The van der Waals surface area contributed by atoms with Crippen LogP contribution in [0.2, 0.25) is 0 Å². The number of carbonyl (C=O) groups is 4. The molecule has 0 amide bonds. The first-order valence-electron chi connectivity index (χ1n) is 8.11. The third-order valence-corrected chi connectivity index (χ3v) is 3.30. The molecule has 1 atom stereocenters. The van der Waals surface area contributed by atoms with E-state index in [1.54, 1.807) is 0 Å². The van der Waals surface area contributed by atoms with Gasteiger partial charge in [-0.25, -0.2) is 9.59 Å². The molecule has 0 saturated heterocycles. The Morgan fingerprint density at radius 3 is 1.79 bits per heavy atom. The molecule has 1 N–H and O–H groups in total. The number of aliphatic carboxylic acids is 1. The van der Waals surface area contributed by atoms with E-state index >= 15 is 0 Å². The molecule has 0 aromatic rings. The number of halogens is 6. The quantitative estimate of drug-likeness (QED) is 0.213. The zero-order valence-corrected chi connectivity index (χ0v) is 14.8. The molecule has 0 aliphatic heterocycles. The van der Waals surface area contributed by atoms with Crippen LogP contribution < -0.4 is 0 Å². The minimum atomic E-state index is -5.33. The van der Waals surface area contributed by atoms with E-state index in [9.17, 15) is 45.5 Å². The predicted octanol–water partition coefficient (Wildman–Crippen LogP) is 2.74. The van der Waals surface area contributed by atoms with Crippen LogP contribution in [0.25, 0.3) is 0 Å². The molecule has 0 aliphatic rings. The summed E-state index contributed by atoms with van der Waals surface area (Å²) in [4.78, 5) is 43.4. The lowest BCUT2D eigenvalue weighted by molar-refractivity contribution is -0.212. The van der Waals surface area contributed by atoms with Gasteiger partial charge in [0.1, 0.15) is 6.61 Å². The normalized spacial score (nSPS) is 12.8. The maximum absolute atomic E-state index is 12.2. The summed E-state index contributed by atoms with van der Waals surface area (Å²) in [6.07, 6.45) is -9.57. The number of hydrogen-bond acceptors (Lipinski definition) is 7. The molecule has 0 aromatic heterocycles. The maximum atomic E-state index is 12.2. The first-order chi connectivity index (χ1) is 13.2. The largest absolute Gasteiger partial charge is 0.491 e. The van der Waals surface area contributed by atoms with Gasteiger partial charge in [-0.05, 0) is 12.8 Å². The Kier molecular flexibility index (Phi) is 11.1. The van der Waals surface area contributed by atoms with Gasteiger partial charge in [-0.1, -0.05) is 19.3 Å². The van der Waals surface area contributed by atoms with Crippen molar-refractivity contribution in [2.75, 3.05) is 13.4 Å². The Hall–Kier alpha value is -2.54. The molecular weight excluding hydrogens is 422 g/mol. The molecule has 0 saturated carbocycles. The predicted molar refractivity (Wildman–Crippen MR) is 78.9 cm³/mol. The Balaban J connectivity index is 4.59. The molecule has 14 heteroatoms. The van der Waals surface area contributed by atoms with Crippen LogP contribution in [0, 0.1) is 5.92 Å². The fraction of sp³-hybridized carbons (Fsp3) is 0.733. The highest BCUT2D eigenvalue weighted by Crippen LogP contribution is 2.20. The molecule has 0 aromatic carbocycles. The highest BCUT2D eigenvalue weighted by Gasteiger charge is 2.42. The number of esters is 3. The second kappa shape index (κ2) is 12.1. The summed E-state index contributed by atoms with van der Waals surface area (Å²) in [6.45, 7) is -2.49. The second-order valence-corrected chi connectivity index (χ2v) is 5.65. The summed E-state index contributed by atoms with van der Waals surface area (Å²) in [7, 11) is 0. The lowest BCUT2D eigenvalue weighted by atomic mass is 10.0. The third-order valence-electron chi connectivity index (χ3n) is 3.30. The van der Waals surface area contributed by atoms with Crippen LogP contribution in [0.5, 0.6) is 0 Å². The van der Waals surface area contributed by atoms with Crippen molar-refractivity contribution in [3.05, 3.63) is 0 Å². The van der Waals surface area contributed by atoms with Gasteiger partial charge in [0.05, 0.1) is 5.92 Å². The fourth-order valence-corrected chi connectivity index (χ4v) is 1.89. The third kappa shape index (κ3) is 12.5. The van der Waals surface area contributed by atoms with Gasteiger partial charge in [0, 0.05) is 6.42 Å². The minimum absolute atomic E-state index is 0.0980. The molecule has 0 spiro atoms. The van der Waals surface area contributed by atoms with E-state index in [4.69, 9.17) is 5.11 Å². The molecule has 0 heterocycles. The standard InChI is InChI=1S/C15H18F6O8/c16-14(17,18)12(25)27-7-9(5-3-1-2-4-6-10(22)23)11(24)28-8-29-13(26)15(19,20)21/h9H,1-8H2,(H,22,23). The number of carboxylic acid groups (broad SMARTS) is 1. The van der Waals surface area contributed by atoms with Crippen LogP contribution in [-0.2, 0) is 33.4 Å². The van der Waals surface area contributed by atoms with E-state index in [1.807, 2.05) is 0 Å². The Morgan fingerprint density at radius 2 is 1.28 bits per heavy atom. The van der Waals surface area contributed by atoms with E-state index in [0.29, 0.717) is 19.3 Å². The molecule has 0 bridgehead atoms. The van der Waals surface area contributed by atoms with Crippen molar-refractivity contribution in [2.45, 2.75) is 50.9 Å². The average Bonchev–Trinajstić information content (AvgIpc) is 2.57. The topological polar surface area (TPSA) is 116 Å². The van der Waals surface area contributed by atoms with Gasteiger partial charge in [0.25, 0.3) is 0 Å². The summed E-state index contributed by atoms with van der Waals surface area (Å²) < 4.78 is 84.2. The van der Waals surface area contributed by atoms with Crippen LogP contribution in [0.1, 0.15) is 38.5 Å². The number of rotatable bonds is 12. The summed E-state index contributed by atoms with van der Waals surface area (Å²) in [5, 5.41) is 8.48. The molecule has 0 rings (SSSR count). The summed E-state index contributed by atoms with van der Waals surface area (Å²) in [5.74, 6) is -9.01. The Labute approximate surface area is 160 Å². The molecular formula is C15H18F6O8. The van der Waals surface area contributed by atoms with Crippen molar-refractivity contribution in [3.63, 3.8) is 0 Å². The van der Waals surface area contributed by atoms with Crippen molar-refractivity contribution < 1.29 is 64.8 Å². The second-order valence-electron chi connectivity index (χ2n) is 5.65. The lowest BCUT2D eigenvalue weighted by Gasteiger charge is -2.17. The molecule has 0 fully saturated rings. The number of alkyl halides is 6. The maximum Gasteiger partial charge on any atom is 0.491 e. The number of ether oxygens (including phenoxy) is 3. The van der Waals surface area contributed by atoms with Gasteiger partial charge in [-0.3, -0.25) is 9.59 Å². The van der Waals surface area contributed by atoms with Crippen molar-refractivity contribution in [3.8, 4) is 0 Å². The number of unbranched alkanes of at least 4 members (excludes halogenated alkanes) is 3. The van der Waals surface area contributed by atoms with Gasteiger partial charge >= 0.3 is 36.2 Å². The molecule has 0 radical (unpaired) electrons. The summed E-state index contributed by atoms with van der Waals surface area (Å²) in [6, 6.07) is 0. The minimum Gasteiger partial charge on any atom is -0.481 e. The highest BCUT2D eigenvalue weighted by molar-refractivity contribution is 5.77. The molecule has 1 unspecified atom stereocenters. The number of carboxylic acids is 1. The molecule has 168 valence electrons. The van der Waals surface area contributed by atoms with Gasteiger partial charge in [-0.15, -0.1) is 0 Å². The van der Waals surface area contributed by atoms with E-state index in [0.717, 1.165) is 0 Å². The van der Waals surface area contributed by atoms with Crippen molar-refractivity contribution >= 4 is 23.9 Å². The van der Waals surface area contributed by atoms with Gasteiger partial charge in [0.2, 0.25) is 6.79 Å². The average molecular weight is 440 g/mol. The van der Waals surface area contributed by atoms with Gasteiger partial charge in [0.15, 0.2) is 0 Å². The zero-order valence-electron chi connectivity index (χ0n) is 14.8. The van der Waals surface area contributed by atoms with Crippen molar-refractivity contribution in [1.82, 2.24) is 0 Å². The lowest BCUT2D eigenvalue weighted by Crippen LogP contribution is -2.31. The summed E-state index contributed by atoms with van der Waals surface area (Å²) in [5.41, 5.74) is 0. The van der Waals surface area contributed by atoms with E-state index in [-0.39, 0.29) is 19.3 Å². The van der Waals surface area contributed by atoms with Crippen LogP contribution >= 0.6 is 0 Å². The SMILES string of the molecule is O=C(O)CCCCCCC(COC(=O)C(F)(F)F)C(=O)OCOC(=O)C(F)(F)F. The van der Waals surface area contributed by atoms with E-state index < -0.39 is 55.5 Å². The van der Waals surface area contributed by atoms with Crippen LogP contribution in [0.15, 0.2) is 0 Å². The summed E-state index contributed by atoms with van der Waals surface area (Å²) >= 11 is 0. The van der Waals surface area contributed by atoms with E-state index in [2.05, 4.69) is 14.2 Å². The van der Waals surface area contributed by atoms with Gasteiger partial charge < -0.3 is 19.3 Å². The number of hydrogen-bond donors (Lipinski definition) is 1. The Morgan fingerprint density at radius 1 is 0.759 bits per heavy atom. The zero-order chi connectivity index (χ0) is 22.7. The smallest absolute Gasteiger partial charge is 0.481 e. The molecule has 0 aliphatic carbocycles. The highest BCUT2D eigenvalue weighted by atomic mass is 19.4. The number of carbonyl (C=O) groups excluding carboxylic acids is 3.